The third kappa shape index (κ3) is 3.43. The number of nitrogens with one attached hydrogen (secondary N) is 1. The molecule has 0 saturated heterocycles. The average Bonchev–Trinajstić information content (AvgIpc) is 3.06. The predicted molar refractivity (Wildman–Crippen MR) is 89.3 cm³/mol. The van der Waals surface area contributed by atoms with Gasteiger partial charge in [-0.05, 0) is 37.3 Å². The lowest BCUT2D eigenvalue weighted by Gasteiger charge is -2.35. The van der Waals surface area contributed by atoms with Crippen molar-refractivity contribution in [2.24, 2.45) is 0 Å². The minimum atomic E-state index is -3.42. The van der Waals surface area contributed by atoms with E-state index in [0.717, 1.165) is 36.8 Å². The Morgan fingerprint density at radius 1 is 1.22 bits per heavy atom. The molecule has 1 N–H and O–H groups in total. The first-order valence-electron chi connectivity index (χ1n) is 8.38. The van der Waals surface area contributed by atoms with Crippen molar-refractivity contribution in [2.75, 3.05) is 5.75 Å². The van der Waals surface area contributed by atoms with Crippen LogP contribution in [0.3, 0.4) is 0 Å². The molecule has 1 aliphatic carbocycles. The minimum absolute atomic E-state index is 0.0162. The van der Waals surface area contributed by atoms with E-state index in [1.54, 1.807) is 6.92 Å². The van der Waals surface area contributed by atoms with Gasteiger partial charge in [-0.3, -0.25) is 4.79 Å². The van der Waals surface area contributed by atoms with Crippen LogP contribution in [0, 0.1) is 0 Å². The molecule has 1 atom stereocenters. The first kappa shape index (κ1) is 16.5. The number of hydrogen-bond acceptors (Lipinski definition) is 3. The van der Waals surface area contributed by atoms with E-state index in [1.807, 2.05) is 24.3 Å². The van der Waals surface area contributed by atoms with E-state index in [9.17, 15) is 13.2 Å². The third-order valence-corrected chi connectivity index (χ3v) is 6.76. The van der Waals surface area contributed by atoms with Crippen LogP contribution in [0.15, 0.2) is 24.3 Å². The van der Waals surface area contributed by atoms with E-state index in [4.69, 9.17) is 0 Å². The summed E-state index contributed by atoms with van der Waals surface area (Å²) in [5.74, 6) is -0.133. The Morgan fingerprint density at radius 3 is 2.52 bits per heavy atom. The number of amides is 1. The van der Waals surface area contributed by atoms with Crippen molar-refractivity contribution in [2.45, 2.75) is 57.7 Å². The van der Waals surface area contributed by atoms with Crippen LogP contribution in [0.2, 0.25) is 0 Å². The van der Waals surface area contributed by atoms with Crippen molar-refractivity contribution < 1.29 is 13.2 Å². The van der Waals surface area contributed by atoms with Crippen LogP contribution in [0.4, 0.5) is 0 Å². The number of rotatable bonds is 4. The highest BCUT2D eigenvalue weighted by Gasteiger charge is 2.38. The summed E-state index contributed by atoms with van der Waals surface area (Å²) in [5, 5.41) is 3.06. The Hall–Kier alpha value is -1.40. The lowest BCUT2D eigenvalue weighted by Crippen LogP contribution is -2.54. The van der Waals surface area contributed by atoms with Crippen LogP contribution in [0.5, 0.6) is 0 Å². The summed E-state index contributed by atoms with van der Waals surface area (Å²) in [6, 6.07) is 7.35. The molecule has 0 spiro atoms. The molecule has 0 unspecified atom stereocenters. The van der Waals surface area contributed by atoms with Crippen molar-refractivity contribution in [3.05, 3.63) is 35.4 Å². The number of nitrogens with zero attached hydrogens (tertiary/aromatic N) is 1. The van der Waals surface area contributed by atoms with Gasteiger partial charge in [0.2, 0.25) is 15.9 Å². The molecule has 2 aliphatic rings. The molecular formula is C17H24N2O3S. The summed E-state index contributed by atoms with van der Waals surface area (Å²) < 4.78 is 26.3. The summed E-state index contributed by atoms with van der Waals surface area (Å²) in [6.07, 6.45) is 4.71. The number of carbonyl (C=O) groups is 1. The first-order valence-corrected chi connectivity index (χ1v) is 9.99. The number of hydrogen-bond donors (Lipinski definition) is 1. The zero-order valence-corrected chi connectivity index (χ0v) is 14.3. The van der Waals surface area contributed by atoms with Crippen LogP contribution < -0.4 is 5.32 Å². The van der Waals surface area contributed by atoms with Crippen LogP contribution >= 0.6 is 0 Å². The smallest absolute Gasteiger partial charge is 0.239 e. The highest BCUT2D eigenvalue weighted by atomic mass is 32.2. The molecule has 1 amide bonds. The zero-order valence-electron chi connectivity index (χ0n) is 13.5. The number of sulfonamides is 1. The van der Waals surface area contributed by atoms with Crippen molar-refractivity contribution in [3.63, 3.8) is 0 Å². The summed E-state index contributed by atoms with van der Waals surface area (Å²) >= 11 is 0. The summed E-state index contributed by atoms with van der Waals surface area (Å²) in [4.78, 5) is 12.7. The minimum Gasteiger partial charge on any atom is -0.352 e. The standard InChI is InChI=1S/C17H24N2O3S/c1-2-23(21,22)19-12-14-8-4-3-7-13(14)11-16(19)17(20)18-15-9-5-6-10-15/h3-4,7-8,15-16H,2,5-6,9-12H2,1H3,(H,18,20)/t16-/m0/s1. The molecule has 23 heavy (non-hydrogen) atoms. The fourth-order valence-corrected chi connectivity index (χ4v) is 4.77. The van der Waals surface area contributed by atoms with E-state index in [2.05, 4.69) is 5.32 Å². The Kier molecular flexibility index (Phi) is 4.73. The van der Waals surface area contributed by atoms with Gasteiger partial charge in [0.05, 0.1) is 5.75 Å². The summed E-state index contributed by atoms with van der Waals surface area (Å²) in [5.41, 5.74) is 2.07. The fourth-order valence-electron chi connectivity index (χ4n) is 3.55. The van der Waals surface area contributed by atoms with Gasteiger partial charge in [-0.25, -0.2) is 8.42 Å². The molecule has 1 aromatic carbocycles. The highest BCUT2D eigenvalue weighted by molar-refractivity contribution is 7.89. The SMILES string of the molecule is CCS(=O)(=O)N1Cc2ccccc2C[C@H]1C(=O)NC1CCCC1. The van der Waals surface area contributed by atoms with Crippen molar-refractivity contribution in [1.29, 1.82) is 0 Å². The quantitative estimate of drug-likeness (QED) is 0.912. The largest absolute Gasteiger partial charge is 0.352 e. The van der Waals surface area contributed by atoms with Crippen molar-refractivity contribution in [3.8, 4) is 0 Å². The molecule has 0 radical (unpaired) electrons. The van der Waals surface area contributed by atoms with Gasteiger partial charge in [0.25, 0.3) is 0 Å². The molecule has 126 valence electrons. The second-order valence-corrected chi connectivity index (χ2v) is 8.63. The van der Waals surface area contributed by atoms with E-state index in [-0.39, 0.29) is 24.2 Å². The zero-order chi connectivity index (χ0) is 16.4. The Labute approximate surface area is 138 Å². The van der Waals surface area contributed by atoms with Gasteiger partial charge < -0.3 is 5.32 Å². The van der Waals surface area contributed by atoms with Crippen LogP contribution in [0.25, 0.3) is 0 Å². The molecule has 1 heterocycles. The maximum Gasteiger partial charge on any atom is 0.239 e. The molecule has 6 heteroatoms. The first-order chi connectivity index (χ1) is 11.0. The monoisotopic (exact) mass is 336 g/mol. The van der Waals surface area contributed by atoms with Crippen LogP contribution in [-0.4, -0.2) is 36.5 Å². The normalized spacial score (nSPS) is 22.7. The molecule has 1 aliphatic heterocycles. The second-order valence-electron chi connectivity index (χ2n) is 6.42. The second kappa shape index (κ2) is 6.61. The Bertz CT molecular complexity index is 681. The van der Waals surface area contributed by atoms with Gasteiger partial charge in [0, 0.05) is 12.6 Å². The third-order valence-electron chi connectivity index (χ3n) is 4.93. The molecule has 0 bridgehead atoms. The van der Waals surface area contributed by atoms with E-state index in [0.29, 0.717) is 6.42 Å². The van der Waals surface area contributed by atoms with Gasteiger partial charge in [0.15, 0.2) is 0 Å². The van der Waals surface area contributed by atoms with Crippen molar-refractivity contribution in [1.82, 2.24) is 9.62 Å². The highest BCUT2D eigenvalue weighted by Crippen LogP contribution is 2.27. The van der Waals surface area contributed by atoms with E-state index in [1.165, 1.54) is 4.31 Å². The van der Waals surface area contributed by atoms with Gasteiger partial charge in [-0.2, -0.15) is 4.31 Å². The van der Waals surface area contributed by atoms with Crippen LogP contribution in [0.1, 0.15) is 43.7 Å². The lowest BCUT2D eigenvalue weighted by molar-refractivity contribution is -0.125. The summed E-state index contributed by atoms with van der Waals surface area (Å²) in [6.45, 7) is 1.91. The Balaban J connectivity index is 1.86. The average molecular weight is 336 g/mol. The molecule has 1 saturated carbocycles. The molecule has 0 aromatic heterocycles. The molecular weight excluding hydrogens is 312 g/mol. The number of fused-ring (bicyclic) bond motifs is 1. The molecule has 3 rings (SSSR count). The van der Waals surface area contributed by atoms with Gasteiger partial charge in [-0.1, -0.05) is 37.1 Å². The predicted octanol–water partition coefficient (Wildman–Crippen LogP) is 1.82. The van der Waals surface area contributed by atoms with Gasteiger partial charge in [-0.15, -0.1) is 0 Å². The fraction of sp³-hybridized carbons (Fsp3) is 0.588. The van der Waals surface area contributed by atoms with Gasteiger partial charge in [0.1, 0.15) is 6.04 Å². The lowest BCUT2D eigenvalue weighted by atomic mass is 9.95. The van der Waals surface area contributed by atoms with Gasteiger partial charge >= 0.3 is 0 Å². The number of carbonyl (C=O) groups excluding carboxylic acids is 1. The molecule has 5 nitrogen and oxygen atoms in total. The Morgan fingerprint density at radius 2 is 1.87 bits per heavy atom. The molecule has 1 fully saturated rings. The van der Waals surface area contributed by atoms with E-state index >= 15 is 0 Å². The van der Waals surface area contributed by atoms with Crippen molar-refractivity contribution >= 4 is 15.9 Å². The number of benzene rings is 1. The van der Waals surface area contributed by atoms with Crippen LogP contribution in [-0.2, 0) is 27.8 Å². The molecule has 1 aromatic rings. The maximum absolute atomic E-state index is 12.7. The maximum atomic E-state index is 12.7. The summed E-state index contributed by atoms with van der Waals surface area (Å²) in [7, 11) is -3.42. The van der Waals surface area contributed by atoms with E-state index < -0.39 is 16.1 Å². The topological polar surface area (TPSA) is 66.5 Å².